The molecule has 37 heavy (non-hydrogen) atoms. The highest BCUT2D eigenvalue weighted by Crippen LogP contribution is 2.46. The predicted molar refractivity (Wildman–Crippen MR) is 96.9 cm³/mol. The van der Waals surface area contributed by atoms with E-state index < -0.39 is 83.8 Å². The van der Waals surface area contributed by atoms with Crippen molar-refractivity contribution in [1.82, 2.24) is 0 Å². The molecule has 6 nitrogen and oxygen atoms in total. The first-order valence-corrected chi connectivity index (χ1v) is 11.9. The van der Waals surface area contributed by atoms with Crippen LogP contribution in [0.15, 0.2) is 36.4 Å². The van der Waals surface area contributed by atoms with Crippen LogP contribution >= 0.6 is 0 Å². The van der Waals surface area contributed by atoms with Gasteiger partial charge in [0.1, 0.15) is 11.1 Å². The first-order valence-electron chi connectivity index (χ1n) is 8.74. The summed E-state index contributed by atoms with van der Waals surface area (Å²) in [4.78, 5) is 0. The van der Waals surface area contributed by atoms with Crippen LogP contribution in [0.25, 0.3) is 0 Å². The normalized spacial score (nSPS) is 13.9. The van der Waals surface area contributed by atoms with Crippen molar-refractivity contribution in [2.75, 3.05) is 5.08 Å². The lowest BCUT2D eigenvalue weighted by molar-refractivity contribution is -0.162. The second-order valence-corrected chi connectivity index (χ2v) is 10.3. The maximum absolute atomic E-state index is 13.2. The number of alkyl halides is 12. The third kappa shape index (κ3) is 7.55. The Balaban J connectivity index is 2.50. The van der Waals surface area contributed by atoms with Crippen molar-refractivity contribution in [3.8, 4) is 11.5 Å². The lowest BCUT2D eigenvalue weighted by Gasteiger charge is -2.20. The van der Waals surface area contributed by atoms with E-state index in [0.717, 1.165) is 0 Å². The minimum Gasteiger partial charge on any atom is -0.381 e. The Bertz CT molecular complexity index is 1270. The maximum atomic E-state index is 13.2. The van der Waals surface area contributed by atoms with E-state index in [2.05, 4.69) is 8.37 Å². The third-order valence-corrected chi connectivity index (χ3v) is 7.13. The zero-order valence-corrected chi connectivity index (χ0v) is 18.6. The van der Waals surface area contributed by atoms with Gasteiger partial charge in [-0.05, 0) is 24.3 Å². The summed E-state index contributed by atoms with van der Waals surface area (Å²) in [7, 11) is -11.9. The predicted octanol–water partition coefficient (Wildman–Crippen LogP) is 5.84. The molecule has 0 amide bonds. The summed E-state index contributed by atoms with van der Waals surface area (Å²) >= 11 is 0. The van der Waals surface area contributed by atoms with Gasteiger partial charge in [0, 0.05) is 0 Å². The van der Waals surface area contributed by atoms with E-state index in [4.69, 9.17) is 0 Å². The van der Waals surface area contributed by atoms with Gasteiger partial charge in [0.2, 0.25) is 5.08 Å². The summed E-state index contributed by atoms with van der Waals surface area (Å²) in [6, 6.07) is 0.469. The van der Waals surface area contributed by atoms with Gasteiger partial charge < -0.3 is 8.37 Å². The Hall–Kier alpha value is -2.90. The molecule has 0 saturated carbocycles. The van der Waals surface area contributed by atoms with Gasteiger partial charge in [-0.3, -0.25) is 0 Å². The van der Waals surface area contributed by atoms with Gasteiger partial charge in [-0.15, -0.1) is 0 Å². The molecule has 0 bridgehead atoms. The van der Waals surface area contributed by atoms with Crippen molar-refractivity contribution in [1.29, 1.82) is 0 Å². The Kier molecular flexibility index (Phi) is 7.74. The van der Waals surface area contributed by atoms with E-state index >= 15 is 0 Å². The third-order valence-electron chi connectivity index (χ3n) is 3.95. The molecule has 0 aliphatic heterocycles. The number of rotatable bonds is 6. The van der Waals surface area contributed by atoms with Crippen molar-refractivity contribution in [3.63, 3.8) is 0 Å². The van der Waals surface area contributed by atoms with Crippen molar-refractivity contribution >= 4 is 20.2 Å². The van der Waals surface area contributed by atoms with Gasteiger partial charge in [-0.2, -0.15) is 69.5 Å². The lowest BCUT2D eigenvalue weighted by atomic mass is 10.1. The van der Waals surface area contributed by atoms with Crippen LogP contribution in [0.3, 0.4) is 0 Å². The molecule has 0 N–H and O–H groups in total. The van der Waals surface area contributed by atoms with Crippen molar-refractivity contribution < 1.29 is 77.9 Å². The van der Waals surface area contributed by atoms with Crippen LogP contribution in [0.2, 0.25) is 0 Å². The Labute approximate surface area is 198 Å². The summed E-state index contributed by atoms with van der Waals surface area (Å²) in [5.41, 5.74) is -10.2. The molecular formula is C17H8F12O6S2. The van der Waals surface area contributed by atoms with Crippen molar-refractivity contribution in [3.05, 3.63) is 58.7 Å². The summed E-state index contributed by atoms with van der Waals surface area (Å²) in [5, 5.41) is -2.61. The molecule has 2 rings (SSSR count). The quantitative estimate of drug-likeness (QED) is 0.306. The molecule has 0 saturated heterocycles. The van der Waals surface area contributed by atoms with Crippen LogP contribution in [0.1, 0.15) is 22.3 Å². The molecule has 208 valence electrons. The van der Waals surface area contributed by atoms with Gasteiger partial charge in [0.25, 0.3) is 0 Å². The average molecular weight is 600 g/mol. The van der Waals surface area contributed by atoms with Crippen molar-refractivity contribution in [2.24, 2.45) is 0 Å². The van der Waals surface area contributed by atoms with E-state index in [-0.39, 0.29) is 36.4 Å². The first-order chi connectivity index (χ1) is 16.4. The highest BCUT2D eigenvalue weighted by molar-refractivity contribution is 8.04. The van der Waals surface area contributed by atoms with Gasteiger partial charge in [-0.25, -0.2) is 0 Å². The Morgan fingerprint density at radius 2 is 0.811 bits per heavy atom. The fraction of sp³-hybridized carbons (Fsp3) is 0.294. The average Bonchev–Trinajstić information content (AvgIpc) is 2.62. The zero-order chi connectivity index (χ0) is 28.8. The van der Waals surface area contributed by atoms with E-state index in [9.17, 15) is 69.5 Å². The van der Waals surface area contributed by atoms with E-state index in [1.165, 1.54) is 0 Å². The van der Waals surface area contributed by atoms with Crippen LogP contribution in [0, 0.1) is 0 Å². The van der Waals surface area contributed by atoms with Gasteiger partial charge in [-0.1, -0.05) is 12.1 Å². The van der Waals surface area contributed by atoms with E-state index in [1.807, 2.05) is 0 Å². The minimum atomic E-state index is -5.93. The molecule has 0 spiro atoms. The highest BCUT2D eigenvalue weighted by atomic mass is 32.3. The lowest BCUT2D eigenvalue weighted by Crippen LogP contribution is -2.27. The summed E-state index contributed by atoms with van der Waals surface area (Å²) in [6.45, 7) is 0. The van der Waals surface area contributed by atoms with Gasteiger partial charge in [0.05, 0.1) is 11.1 Å². The van der Waals surface area contributed by atoms with E-state index in [1.54, 1.807) is 0 Å². The molecule has 0 aliphatic carbocycles. The van der Waals surface area contributed by atoms with E-state index in [0.29, 0.717) is 0 Å². The molecule has 2 aromatic carbocycles. The number of benzene rings is 2. The molecule has 0 heterocycles. The Morgan fingerprint density at radius 1 is 0.514 bits per heavy atom. The Morgan fingerprint density at radius 3 is 1.05 bits per heavy atom. The fourth-order valence-corrected chi connectivity index (χ4v) is 5.38. The second-order valence-electron chi connectivity index (χ2n) is 6.75. The second kappa shape index (κ2) is 9.44. The summed E-state index contributed by atoms with van der Waals surface area (Å²) < 4.78 is 213. The molecule has 20 heteroatoms. The fourth-order valence-electron chi connectivity index (χ4n) is 2.76. The van der Waals surface area contributed by atoms with Crippen LogP contribution in [0.5, 0.6) is 11.5 Å². The van der Waals surface area contributed by atoms with Crippen LogP contribution in [-0.4, -0.2) is 21.9 Å². The molecular weight excluding hydrogens is 592 g/mol. The smallest absolute Gasteiger partial charge is 0.381 e. The largest absolute Gasteiger partial charge is 0.420 e. The van der Waals surface area contributed by atoms with Crippen molar-refractivity contribution in [2.45, 2.75) is 24.7 Å². The molecule has 0 fully saturated rings. The minimum absolute atomic E-state index is 0.0671. The number of hydrogen-bond donors (Lipinski definition) is 0. The standard InChI is InChI=1S/C17H8F12O6S2/c18-14(19,20)8-3-1-5-10(12(8)16(24,25)26)34-36(30,31)7-37(32,33)35-11-6-2-4-9(15(21,22)23)13(11)17(27,28)29/h1-6H,7H2. The van der Waals surface area contributed by atoms with Gasteiger partial charge in [0.15, 0.2) is 11.5 Å². The van der Waals surface area contributed by atoms with Crippen LogP contribution in [0.4, 0.5) is 52.7 Å². The van der Waals surface area contributed by atoms with Gasteiger partial charge >= 0.3 is 44.9 Å². The van der Waals surface area contributed by atoms with Crippen LogP contribution in [-0.2, 0) is 44.9 Å². The maximum Gasteiger partial charge on any atom is 0.420 e. The SMILES string of the molecule is O=S(=O)(CS(=O)(=O)Oc1cccc(C(F)(F)F)c1C(F)(F)F)Oc1cccc(C(F)(F)F)c1C(F)(F)F. The first kappa shape index (κ1) is 30.3. The molecule has 2 aromatic rings. The summed E-state index contributed by atoms with van der Waals surface area (Å²) in [6.07, 6.45) is -23.2. The highest BCUT2D eigenvalue weighted by Gasteiger charge is 2.48. The van der Waals surface area contributed by atoms with Crippen LogP contribution < -0.4 is 8.37 Å². The molecule has 0 unspecified atom stereocenters. The summed E-state index contributed by atoms with van der Waals surface area (Å²) in [5.74, 6) is -4.10. The molecule has 0 radical (unpaired) electrons. The number of hydrogen-bond acceptors (Lipinski definition) is 6. The topological polar surface area (TPSA) is 86.7 Å². The molecule has 0 atom stereocenters. The molecule has 0 aliphatic rings. The molecule has 0 aromatic heterocycles. The number of halogens is 12. The monoisotopic (exact) mass is 600 g/mol. The zero-order valence-electron chi connectivity index (χ0n) is 17.0.